The Labute approximate surface area is 128 Å². The first-order valence-corrected chi connectivity index (χ1v) is 7.91. The first-order chi connectivity index (χ1) is 10.4. The Balaban J connectivity index is 1.80. The summed E-state index contributed by atoms with van der Waals surface area (Å²) in [7, 11) is 0. The zero-order valence-electron chi connectivity index (χ0n) is 11.5. The summed E-state index contributed by atoms with van der Waals surface area (Å²) < 4.78 is 0. The maximum Gasteiger partial charge on any atom is 0.0270 e. The van der Waals surface area contributed by atoms with Gasteiger partial charge in [-0.3, -0.25) is 0 Å². The van der Waals surface area contributed by atoms with Gasteiger partial charge in [0, 0.05) is 4.88 Å². The number of thiophene rings is 1. The molecule has 0 bridgehead atoms. The van der Waals surface area contributed by atoms with E-state index in [4.69, 9.17) is 0 Å². The highest BCUT2D eigenvalue weighted by molar-refractivity contribution is 7.10. The first kappa shape index (κ1) is 12.4. The molecule has 1 heterocycles. The van der Waals surface area contributed by atoms with Gasteiger partial charge in [-0.1, -0.05) is 48.5 Å². The van der Waals surface area contributed by atoms with E-state index in [0.717, 1.165) is 0 Å². The zero-order chi connectivity index (χ0) is 14.1. The van der Waals surface area contributed by atoms with Crippen LogP contribution in [-0.4, -0.2) is 0 Å². The second-order valence-electron chi connectivity index (χ2n) is 5.15. The third kappa shape index (κ3) is 2.48. The van der Waals surface area contributed by atoms with E-state index in [0.29, 0.717) is 0 Å². The molecule has 0 radical (unpaired) electrons. The third-order valence-corrected chi connectivity index (χ3v) is 4.55. The summed E-state index contributed by atoms with van der Waals surface area (Å²) >= 11 is 1.76. The van der Waals surface area contributed by atoms with Gasteiger partial charge in [0.2, 0.25) is 0 Å². The summed E-state index contributed by atoms with van der Waals surface area (Å²) in [5, 5.41) is 7.28. The quantitative estimate of drug-likeness (QED) is 0.383. The molecule has 0 nitrogen and oxygen atoms in total. The van der Waals surface area contributed by atoms with E-state index in [9.17, 15) is 0 Å². The fourth-order valence-corrected chi connectivity index (χ4v) is 3.24. The first-order valence-electron chi connectivity index (χ1n) is 7.03. The van der Waals surface area contributed by atoms with E-state index in [1.54, 1.807) is 11.3 Å². The summed E-state index contributed by atoms with van der Waals surface area (Å²) in [4.78, 5) is 1.29. The number of hydrogen-bond donors (Lipinski definition) is 0. The second kappa shape index (κ2) is 5.19. The number of fused-ring (bicyclic) bond motifs is 2. The van der Waals surface area contributed by atoms with Crippen molar-refractivity contribution in [3.63, 3.8) is 0 Å². The van der Waals surface area contributed by atoms with E-state index in [2.05, 4.69) is 84.3 Å². The minimum absolute atomic E-state index is 1.24. The second-order valence-corrected chi connectivity index (χ2v) is 6.13. The molecular weight excluding hydrogens is 272 g/mol. The number of hydrogen-bond acceptors (Lipinski definition) is 1. The highest BCUT2D eigenvalue weighted by Crippen LogP contribution is 2.24. The van der Waals surface area contributed by atoms with Crippen LogP contribution in [0.25, 0.3) is 33.7 Å². The van der Waals surface area contributed by atoms with Crippen LogP contribution in [0.3, 0.4) is 0 Å². The lowest BCUT2D eigenvalue weighted by Gasteiger charge is -2.03. The van der Waals surface area contributed by atoms with Crippen LogP contribution in [0.15, 0.2) is 72.1 Å². The van der Waals surface area contributed by atoms with Crippen LogP contribution in [0.2, 0.25) is 0 Å². The molecule has 0 aliphatic rings. The molecule has 0 saturated carbocycles. The van der Waals surface area contributed by atoms with Crippen molar-refractivity contribution in [1.29, 1.82) is 0 Å². The smallest absolute Gasteiger partial charge is 0.0270 e. The Hall–Kier alpha value is -2.38. The van der Waals surface area contributed by atoms with E-state index >= 15 is 0 Å². The zero-order valence-corrected chi connectivity index (χ0v) is 12.3. The van der Waals surface area contributed by atoms with Crippen molar-refractivity contribution in [3.05, 3.63) is 82.6 Å². The lowest BCUT2D eigenvalue weighted by molar-refractivity contribution is 1.73. The van der Waals surface area contributed by atoms with Crippen molar-refractivity contribution in [1.82, 2.24) is 0 Å². The predicted molar refractivity (Wildman–Crippen MR) is 94.7 cm³/mol. The summed E-state index contributed by atoms with van der Waals surface area (Å²) in [6.45, 7) is 0. The SMILES string of the molecule is C(=Cc1cccs1)c1ccc2cc3ccccc3cc2c1. The van der Waals surface area contributed by atoms with Crippen LogP contribution >= 0.6 is 11.3 Å². The average Bonchev–Trinajstić information content (AvgIpc) is 3.04. The average molecular weight is 286 g/mol. The highest BCUT2D eigenvalue weighted by atomic mass is 32.1. The Bertz CT molecular complexity index is 931. The summed E-state index contributed by atoms with van der Waals surface area (Å²) in [5.41, 5.74) is 1.24. The molecule has 0 aliphatic heterocycles. The van der Waals surface area contributed by atoms with Crippen LogP contribution in [0.5, 0.6) is 0 Å². The van der Waals surface area contributed by atoms with Crippen LogP contribution in [0.1, 0.15) is 10.4 Å². The Morgan fingerprint density at radius 1 is 0.619 bits per heavy atom. The van der Waals surface area contributed by atoms with Gasteiger partial charge in [-0.25, -0.2) is 0 Å². The highest BCUT2D eigenvalue weighted by Gasteiger charge is 1.98. The molecule has 0 unspecified atom stereocenters. The molecule has 1 heteroatoms. The van der Waals surface area contributed by atoms with Crippen molar-refractivity contribution in [2.24, 2.45) is 0 Å². The monoisotopic (exact) mass is 286 g/mol. The maximum absolute atomic E-state index is 2.27. The van der Waals surface area contributed by atoms with Gasteiger partial charge in [-0.15, -0.1) is 11.3 Å². The summed E-state index contributed by atoms with van der Waals surface area (Å²) in [6.07, 6.45) is 4.35. The normalized spacial score (nSPS) is 11.6. The van der Waals surface area contributed by atoms with Crippen molar-refractivity contribution < 1.29 is 0 Å². The van der Waals surface area contributed by atoms with Gasteiger partial charge in [-0.05, 0) is 62.8 Å². The summed E-state index contributed by atoms with van der Waals surface area (Å²) in [5.74, 6) is 0. The molecule has 0 N–H and O–H groups in total. The molecule has 1 aromatic heterocycles. The van der Waals surface area contributed by atoms with Gasteiger partial charge in [0.1, 0.15) is 0 Å². The molecule has 100 valence electrons. The van der Waals surface area contributed by atoms with Crippen LogP contribution in [0.4, 0.5) is 0 Å². The van der Waals surface area contributed by atoms with E-state index in [1.165, 1.54) is 32.0 Å². The molecule has 21 heavy (non-hydrogen) atoms. The van der Waals surface area contributed by atoms with E-state index < -0.39 is 0 Å². The van der Waals surface area contributed by atoms with Crippen molar-refractivity contribution in [2.45, 2.75) is 0 Å². The van der Waals surface area contributed by atoms with Gasteiger partial charge in [0.25, 0.3) is 0 Å². The molecule has 0 aliphatic carbocycles. The van der Waals surface area contributed by atoms with E-state index in [1.807, 2.05) is 0 Å². The van der Waals surface area contributed by atoms with Crippen LogP contribution in [-0.2, 0) is 0 Å². The minimum Gasteiger partial charge on any atom is -0.144 e. The van der Waals surface area contributed by atoms with Gasteiger partial charge < -0.3 is 0 Å². The Morgan fingerprint density at radius 2 is 1.38 bits per heavy atom. The number of rotatable bonds is 2. The summed E-state index contributed by atoms with van der Waals surface area (Å²) in [6, 6.07) is 23.9. The number of benzene rings is 3. The third-order valence-electron chi connectivity index (χ3n) is 3.71. The van der Waals surface area contributed by atoms with Gasteiger partial charge in [-0.2, -0.15) is 0 Å². The fourth-order valence-electron chi connectivity index (χ4n) is 2.63. The maximum atomic E-state index is 2.27. The molecular formula is C20H14S. The molecule has 3 aromatic carbocycles. The topological polar surface area (TPSA) is 0 Å². The largest absolute Gasteiger partial charge is 0.144 e. The molecule has 0 spiro atoms. The van der Waals surface area contributed by atoms with Crippen molar-refractivity contribution >= 4 is 45.0 Å². The molecule has 0 amide bonds. The van der Waals surface area contributed by atoms with Crippen LogP contribution < -0.4 is 0 Å². The molecule has 4 aromatic rings. The standard InChI is InChI=1S/C20H14S/c1-2-5-17-14-19-12-15(8-10-20-6-3-11-21-20)7-9-18(19)13-16(17)4-1/h1-14H. The molecule has 4 rings (SSSR count). The molecule has 0 atom stereocenters. The van der Waals surface area contributed by atoms with E-state index in [-0.39, 0.29) is 0 Å². The molecule has 0 saturated heterocycles. The minimum atomic E-state index is 1.24. The van der Waals surface area contributed by atoms with Crippen LogP contribution in [0, 0.1) is 0 Å². The lowest BCUT2D eigenvalue weighted by atomic mass is 10.0. The van der Waals surface area contributed by atoms with Gasteiger partial charge in [0.05, 0.1) is 0 Å². The fraction of sp³-hybridized carbons (Fsp3) is 0. The van der Waals surface area contributed by atoms with Crippen molar-refractivity contribution in [3.8, 4) is 0 Å². The van der Waals surface area contributed by atoms with Gasteiger partial charge in [0.15, 0.2) is 0 Å². The van der Waals surface area contributed by atoms with Crippen molar-refractivity contribution in [2.75, 3.05) is 0 Å². The lowest BCUT2D eigenvalue weighted by Crippen LogP contribution is -1.78. The Morgan fingerprint density at radius 3 is 2.14 bits per heavy atom. The van der Waals surface area contributed by atoms with Gasteiger partial charge >= 0.3 is 0 Å². The molecule has 0 fully saturated rings. The predicted octanol–water partition coefficient (Wildman–Crippen LogP) is 6.22. The Kier molecular flexibility index (Phi) is 3.06.